The zero-order valence-electron chi connectivity index (χ0n) is 11.4. The number of hydrogen-bond donors (Lipinski definition) is 3. The zero-order chi connectivity index (χ0) is 16.6. The van der Waals surface area contributed by atoms with Crippen LogP contribution in [-0.2, 0) is 4.79 Å². The summed E-state index contributed by atoms with van der Waals surface area (Å²) < 4.78 is 5.61. The highest BCUT2D eigenvalue weighted by atomic mass is 35.5. The number of rotatable bonds is 3. The molecule has 3 rings (SSSR count). The lowest BCUT2D eigenvalue weighted by Crippen LogP contribution is -2.21. The van der Waals surface area contributed by atoms with E-state index in [2.05, 4.69) is 10.6 Å². The molecule has 0 unspecified atom stereocenters. The van der Waals surface area contributed by atoms with Gasteiger partial charge >= 0.3 is 5.97 Å². The third kappa shape index (κ3) is 3.10. The minimum absolute atomic E-state index is 0.0114. The summed E-state index contributed by atoms with van der Waals surface area (Å²) in [5.41, 5.74) is 0.830. The first-order valence-electron chi connectivity index (χ1n) is 6.41. The van der Waals surface area contributed by atoms with Crippen LogP contribution in [0, 0.1) is 0 Å². The van der Waals surface area contributed by atoms with Crippen LogP contribution in [-0.4, -0.2) is 22.1 Å². The molecule has 1 aromatic heterocycles. The monoisotopic (exact) mass is 348 g/mol. The first-order valence-corrected chi connectivity index (χ1v) is 7.20. The molecule has 0 saturated carbocycles. The summed E-state index contributed by atoms with van der Waals surface area (Å²) in [6.45, 7) is 0. The number of nitrogens with one attached hydrogen (secondary N) is 2. The van der Waals surface area contributed by atoms with Crippen molar-refractivity contribution < 1.29 is 19.1 Å². The van der Waals surface area contributed by atoms with Gasteiger partial charge in [-0.3, -0.25) is 10.1 Å². The lowest BCUT2D eigenvalue weighted by molar-refractivity contribution is -0.115. The van der Waals surface area contributed by atoms with E-state index in [1.807, 2.05) is 0 Å². The van der Waals surface area contributed by atoms with E-state index in [0.717, 1.165) is 0 Å². The summed E-state index contributed by atoms with van der Waals surface area (Å²) in [6.07, 6.45) is 1.51. The number of aromatic carboxylic acids is 1. The molecule has 1 aromatic carbocycles. The van der Waals surface area contributed by atoms with Crippen molar-refractivity contribution in [1.82, 2.24) is 10.6 Å². The van der Waals surface area contributed by atoms with Crippen molar-refractivity contribution in [3.63, 3.8) is 0 Å². The number of carbonyl (C=O) groups is 2. The number of hydrogen-bond acceptors (Lipinski definition) is 4. The summed E-state index contributed by atoms with van der Waals surface area (Å²) in [5.74, 6) is -0.579. The van der Waals surface area contributed by atoms with E-state index >= 15 is 0 Å². The van der Waals surface area contributed by atoms with Gasteiger partial charge in [-0.1, -0.05) is 11.6 Å². The van der Waals surface area contributed by atoms with Crippen LogP contribution in [0.5, 0.6) is 0 Å². The Morgan fingerprint density at radius 3 is 2.70 bits per heavy atom. The predicted molar refractivity (Wildman–Crippen MR) is 88.0 cm³/mol. The molecule has 0 atom stereocenters. The SMILES string of the molecule is O=C1NC(=S)N/C1=C\c1ccc(-c2ccc(Cl)c(C(=O)O)c2)o1. The molecule has 0 spiro atoms. The Bertz CT molecular complexity index is 872. The smallest absolute Gasteiger partial charge is 0.337 e. The minimum atomic E-state index is -1.12. The van der Waals surface area contributed by atoms with Crippen LogP contribution < -0.4 is 10.6 Å². The lowest BCUT2D eigenvalue weighted by atomic mass is 10.1. The van der Waals surface area contributed by atoms with Gasteiger partial charge in [-0.15, -0.1) is 0 Å². The van der Waals surface area contributed by atoms with Crippen molar-refractivity contribution in [2.45, 2.75) is 0 Å². The molecular weight excluding hydrogens is 340 g/mol. The van der Waals surface area contributed by atoms with Crippen LogP contribution in [0.3, 0.4) is 0 Å². The Labute approximate surface area is 140 Å². The van der Waals surface area contributed by atoms with Crippen molar-refractivity contribution in [2.75, 3.05) is 0 Å². The molecule has 2 aromatic rings. The molecule has 0 radical (unpaired) electrons. The molecule has 0 aliphatic carbocycles. The third-order valence-electron chi connectivity index (χ3n) is 3.11. The maximum absolute atomic E-state index is 11.6. The number of furan rings is 1. The summed E-state index contributed by atoms with van der Waals surface area (Å²) in [7, 11) is 0. The van der Waals surface area contributed by atoms with Gasteiger partial charge in [0, 0.05) is 11.6 Å². The van der Waals surface area contributed by atoms with E-state index < -0.39 is 5.97 Å². The van der Waals surface area contributed by atoms with E-state index in [-0.39, 0.29) is 27.3 Å². The molecule has 8 heteroatoms. The fourth-order valence-electron chi connectivity index (χ4n) is 2.05. The van der Waals surface area contributed by atoms with Crippen molar-refractivity contribution in [3.05, 3.63) is 52.4 Å². The second kappa shape index (κ2) is 5.86. The largest absolute Gasteiger partial charge is 0.478 e. The van der Waals surface area contributed by atoms with Gasteiger partial charge in [0.2, 0.25) is 0 Å². The highest BCUT2D eigenvalue weighted by Crippen LogP contribution is 2.27. The van der Waals surface area contributed by atoms with Gasteiger partial charge in [0.15, 0.2) is 5.11 Å². The molecule has 0 bridgehead atoms. The highest BCUT2D eigenvalue weighted by molar-refractivity contribution is 7.80. The fraction of sp³-hybridized carbons (Fsp3) is 0. The van der Waals surface area contributed by atoms with Crippen LogP contribution >= 0.6 is 23.8 Å². The molecule has 1 amide bonds. The van der Waals surface area contributed by atoms with Crippen LogP contribution in [0.4, 0.5) is 0 Å². The minimum Gasteiger partial charge on any atom is -0.478 e. The van der Waals surface area contributed by atoms with Crippen LogP contribution in [0.25, 0.3) is 17.4 Å². The quantitative estimate of drug-likeness (QED) is 0.583. The summed E-state index contributed by atoms with van der Waals surface area (Å²) in [5, 5.41) is 14.6. The Balaban J connectivity index is 1.92. The normalized spacial score (nSPS) is 15.6. The lowest BCUT2D eigenvalue weighted by Gasteiger charge is -2.02. The molecule has 1 aliphatic heterocycles. The molecule has 116 valence electrons. The van der Waals surface area contributed by atoms with Gasteiger partial charge < -0.3 is 14.8 Å². The first-order chi connectivity index (χ1) is 10.9. The maximum atomic E-state index is 11.6. The predicted octanol–water partition coefficient (Wildman–Crippen LogP) is 2.64. The molecule has 1 saturated heterocycles. The summed E-state index contributed by atoms with van der Waals surface area (Å²) in [6, 6.07) is 7.90. The van der Waals surface area contributed by atoms with Gasteiger partial charge in [-0.25, -0.2) is 4.79 Å². The standard InChI is InChI=1S/C15H9ClN2O4S/c16-10-3-1-7(5-9(10)14(20)21)12-4-2-8(22-12)6-11-13(19)18-15(23)17-11/h1-6H,(H,20,21)(H2,17,18,19,23)/b11-6-. The van der Waals surface area contributed by atoms with E-state index in [1.54, 1.807) is 18.2 Å². The van der Waals surface area contributed by atoms with Crippen molar-refractivity contribution >= 4 is 46.9 Å². The first kappa shape index (κ1) is 15.3. The molecule has 2 heterocycles. The molecule has 1 aliphatic rings. The van der Waals surface area contributed by atoms with Gasteiger partial charge in [0.1, 0.15) is 17.2 Å². The summed E-state index contributed by atoms with van der Waals surface area (Å²) in [4.78, 5) is 22.7. The number of amides is 1. The maximum Gasteiger partial charge on any atom is 0.337 e. The van der Waals surface area contributed by atoms with Gasteiger partial charge in [0.25, 0.3) is 5.91 Å². The molecule has 6 nitrogen and oxygen atoms in total. The van der Waals surface area contributed by atoms with Crippen molar-refractivity contribution in [2.24, 2.45) is 0 Å². The average Bonchev–Trinajstić information content (AvgIpc) is 3.06. The number of carboxylic acids is 1. The number of halogens is 1. The van der Waals surface area contributed by atoms with E-state index in [0.29, 0.717) is 17.1 Å². The van der Waals surface area contributed by atoms with Crippen molar-refractivity contribution in [3.8, 4) is 11.3 Å². The Morgan fingerprint density at radius 1 is 1.26 bits per heavy atom. The van der Waals surface area contributed by atoms with Gasteiger partial charge in [-0.2, -0.15) is 0 Å². The molecule has 1 fully saturated rings. The molecule has 23 heavy (non-hydrogen) atoms. The number of carboxylic acid groups (broad SMARTS) is 1. The van der Waals surface area contributed by atoms with Crippen LogP contribution in [0.1, 0.15) is 16.1 Å². The zero-order valence-corrected chi connectivity index (χ0v) is 13.0. The van der Waals surface area contributed by atoms with E-state index in [1.165, 1.54) is 18.2 Å². The second-order valence-corrected chi connectivity index (χ2v) is 5.48. The van der Waals surface area contributed by atoms with Gasteiger partial charge in [0.05, 0.1) is 10.6 Å². The van der Waals surface area contributed by atoms with Crippen LogP contribution in [0.15, 0.2) is 40.4 Å². The van der Waals surface area contributed by atoms with Crippen molar-refractivity contribution in [1.29, 1.82) is 0 Å². The number of carbonyl (C=O) groups excluding carboxylic acids is 1. The van der Waals surface area contributed by atoms with E-state index in [4.69, 9.17) is 33.3 Å². The van der Waals surface area contributed by atoms with E-state index in [9.17, 15) is 9.59 Å². The Kier molecular flexibility index (Phi) is 3.89. The Hall–Kier alpha value is -2.64. The third-order valence-corrected chi connectivity index (χ3v) is 3.65. The number of thiocarbonyl (C=S) groups is 1. The molecular formula is C15H9ClN2O4S. The highest BCUT2D eigenvalue weighted by Gasteiger charge is 2.20. The fourth-order valence-corrected chi connectivity index (χ4v) is 2.45. The van der Waals surface area contributed by atoms with Crippen LogP contribution in [0.2, 0.25) is 5.02 Å². The summed E-state index contributed by atoms with van der Waals surface area (Å²) >= 11 is 10.7. The van der Waals surface area contributed by atoms with Gasteiger partial charge in [-0.05, 0) is 42.5 Å². The average molecular weight is 349 g/mol. The second-order valence-electron chi connectivity index (χ2n) is 4.67. The molecule has 3 N–H and O–H groups in total. The Morgan fingerprint density at radius 2 is 2.04 bits per heavy atom. The topological polar surface area (TPSA) is 91.6 Å². The number of benzene rings is 1.